The minimum absolute atomic E-state index is 0. The molecular weight excluding hydrogens is 299 g/mol. The molecular formula is C14H13N3Y-2. The molecule has 89 valence electrons. The predicted molar refractivity (Wildman–Crippen MR) is 72.6 cm³/mol. The molecule has 3 nitrogen and oxygen atoms in total. The Kier molecular flexibility index (Phi) is 8.98. The van der Waals surface area contributed by atoms with E-state index in [9.17, 15) is 0 Å². The second-order valence-corrected chi connectivity index (χ2v) is 3.28. The summed E-state index contributed by atoms with van der Waals surface area (Å²) in [6, 6.07) is 18.3. The normalized spacial score (nSPS) is 8.22. The van der Waals surface area contributed by atoms with Crippen molar-refractivity contribution in [2.75, 3.05) is 0 Å². The van der Waals surface area contributed by atoms with Gasteiger partial charge in [0.15, 0.2) is 0 Å². The summed E-state index contributed by atoms with van der Waals surface area (Å²) < 4.78 is 0. The van der Waals surface area contributed by atoms with Crippen LogP contribution in [0.15, 0.2) is 60.7 Å². The maximum atomic E-state index is 8.41. The molecule has 1 radical (unpaired) electrons. The van der Waals surface area contributed by atoms with E-state index in [1.165, 1.54) is 0 Å². The van der Waals surface area contributed by atoms with Crippen LogP contribution in [0.3, 0.4) is 0 Å². The van der Waals surface area contributed by atoms with Gasteiger partial charge in [0.25, 0.3) is 0 Å². The summed E-state index contributed by atoms with van der Waals surface area (Å²) in [6.07, 6.45) is 1.08. The Labute approximate surface area is 132 Å². The molecule has 18 heavy (non-hydrogen) atoms. The van der Waals surface area contributed by atoms with Crippen LogP contribution in [0.5, 0.6) is 0 Å². The van der Waals surface area contributed by atoms with E-state index in [0.717, 1.165) is 11.8 Å². The monoisotopic (exact) mass is 312 g/mol. The molecule has 0 fully saturated rings. The average Bonchev–Trinajstić information content (AvgIpc) is 2.41. The fourth-order valence-electron chi connectivity index (χ4n) is 1.14. The number of hydrogen-bond acceptors (Lipinski definition) is 1. The van der Waals surface area contributed by atoms with Crippen molar-refractivity contribution in [2.24, 2.45) is 0 Å². The van der Waals surface area contributed by atoms with Crippen LogP contribution in [-0.4, -0.2) is 12.1 Å². The van der Waals surface area contributed by atoms with Gasteiger partial charge in [-0.15, -0.1) is 0 Å². The molecule has 0 saturated heterocycles. The molecule has 0 amide bonds. The Hall–Kier alpha value is -1.32. The van der Waals surface area contributed by atoms with Crippen molar-refractivity contribution >= 4 is 12.1 Å². The molecule has 0 aromatic heterocycles. The van der Waals surface area contributed by atoms with E-state index >= 15 is 0 Å². The van der Waals surface area contributed by atoms with Crippen molar-refractivity contribution in [3.8, 4) is 0 Å². The van der Waals surface area contributed by atoms with Gasteiger partial charge in [0, 0.05) is 32.7 Å². The Bertz CT molecular complexity index is 469. The van der Waals surface area contributed by atoms with Crippen LogP contribution in [0, 0.1) is 5.41 Å². The summed E-state index contributed by atoms with van der Waals surface area (Å²) in [5, 5.41) is 15.3. The number of nitrogens with one attached hydrogen (secondary N) is 2. The van der Waals surface area contributed by atoms with Gasteiger partial charge in [-0.3, -0.25) is 0 Å². The number of amidine groups is 1. The van der Waals surface area contributed by atoms with Gasteiger partial charge in [-0.25, -0.2) is 0 Å². The van der Waals surface area contributed by atoms with Crippen LogP contribution < -0.4 is 0 Å². The maximum absolute atomic E-state index is 8.41. The second kappa shape index (κ2) is 9.69. The van der Waals surface area contributed by atoms with Gasteiger partial charge >= 0.3 is 0 Å². The van der Waals surface area contributed by atoms with Crippen molar-refractivity contribution < 1.29 is 32.7 Å². The fourth-order valence-corrected chi connectivity index (χ4v) is 1.14. The molecule has 0 atom stereocenters. The van der Waals surface area contributed by atoms with E-state index in [0.29, 0.717) is 5.56 Å². The Balaban J connectivity index is 0.000000306. The molecule has 0 heterocycles. The summed E-state index contributed by atoms with van der Waals surface area (Å²) in [5.74, 6) is -0.129. The zero-order valence-electron chi connectivity index (χ0n) is 9.88. The van der Waals surface area contributed by atoms with Gasteiger partial charge in [-0.1, -0.05) is 66.5 Å². The van der Waals surface area contributed by atoms with E-state index in [1.807, 2.05) is 48.5 Å². The molecule has 2 aromatic rings. The zero-order chi connectivity index (χ0) is 12.5. The largest absolute Gasteiger partial charge is 0.810 e. The standard InChI is InChI=1S/C7H7N2.C7H6N.Y/c8-7(9)6-4-2-1-3-5-6;8-6-7-4-2-1-3-5-7;/h1-5H,(H2-,8,9);1-6H;/q2*-1;. The third-order valence-electron chi connectivity index (χ3n) is 2.01. The molecule has 2 rings (SSSR count). The molecule has 0 saturated carbocycles. The van der Waals surface area contributed by atoms with Gasteiger partial charge in [0.2, 0.25) is 0 Å². The second-order valence-electron chi connectivity index (χ2n) is 3.28. The fraction of sp³-hybridized carbons (Fsp3) is 0. The summed E-state index contributed by atoms with van der Waals surface area (Å²) in [7, 11) is 0. The Morgan fingerprint density at radius 2 is 1.39 bits per heavy atom. The molecule has 0 aliphatic carbocycles. The van der Waals surface area contributed by atoms with Gasteiger partial charge in [0.05, 0.1) is 0 Å². The molecule has 2 aromatic carbocycles. The number of rotatable bonds is 2. The predicted octanol–water partition coefficient (Wildman–Crippen LogP) is 3.74. The first-order valence-corrected chi connectivity index (χ1v) is 5.12. The number of benzene rings is 2. The van der Waals surface area contributed by atoms with Crippen LogP contribution in [-0.2, 0) is 32.7 Å². The van der Waals surface area contributed by atoms with Crippen molar-refractivity contribution in [3.63, 3.8) is 0 Å². The quantitative estimate of drug-likeness (QED) is 0.648. The van der Waals surface area contributed by atoms with Crippen LogP contribution in [0.25, 0.3) is 11.1 Å². The maximum Gasteiger partial charge on any atom is 0 e. The first-order valence-electron chi connectivity index (χ1n) is 5.12. The molecule has 0 aliphatic heterocycles. The first kappa shape index (κ1) is 16.7. The van der Waals surface area contributed by atoms with E-state index in [-0.39, 0.29) is 38.5 Å². The molecule has 0 aliphatic rings. The van der Waals surface area contributed by atoms with Crippen molar-refractivity contribution in [3.05, 3.63) is 82.9 Å². The summed E-state index contributed by atoms with van der Waals surface area (Å²) in [4.78, 5) is 0. The van der Waals surface area contributed by atoms with Gasteiger partial charge in [-0.05, 0) is 11.1 Å². The first-order chi connectivity index (χ1) is 8.24. The van der Waals surface area contributed by atoms with Crippen molar-refractivity contribution in [2.45, 2.75) is 0 Å². The summed E-state index contributed by atoms with van der Waals surface area (Å²) in [6.45, 7) is 0. The number of nitrogens with zero attached hydrogens (tertiary/aromatic N) is 1. The molecule has 2 N–H and O–H groups in total. The summed E-state index contributed by atoms with van der Waals surface area (Å²) in [5.41, 5.74) is 8.41. The van der Waals surface area contributed by atoms with Crippen molar-refractivity contribution in [1.29, 1.82) is 5.41 Å². The van der Waals surface area contributed by atoms with Gasteiger partial charge < -0.3 is 16.6 Å². The van der Waals surface area contributed by atoms with Crippen LogP contribution in [0.2, 0.25) is 0 Å². The van der Waals surface area contributed by atoms with Crippen molar-refractivity contribution in [1.82, 2.24) is 0 Å². The third kappa shape index (κ3) is 6.43. The Morgan fingerprint density at radius 3 is 1.67 bits per heavy atom. The SMILES string of the molecule is N=C([NH-])c1ccccc1.[N-]=Cc1ccccc1.[Y]. The van der Waals surface area contributed by atoms with Gasteiger partial charge in [0.1, 0.15) is 0 Å². The molecule has 0 spiro atoms. The Morgan fingerprint density at radius 1 is 0.944 bits per heavy atom. The molecule has 4 heteroatoms. The zero-order valence-corrected chi connectivity index (χ0v) is 12.7. The van der Waals surface area contributed by atoms with E-state index in [1.54, 1.807) is 12.1 Å². The third-order valence-corrected chi connectivity index (χ3v) is 2.01. The molecule has 0 unspecified atom stereocenters. The van der Waals surface area contributed by atoms with Crippen LogP contribution in [0.1, 0.15) is 11.1 Å². The minimum Gasteiger partial charge on any atom is -0.810 e. The topological polar surface area (TPSA) is 70.0 Å². The average molecular weight is 312 g/mol. The van der Waals surface area contributed by atoms with Crippen LogP contribution in [0.4, 0.5) is 0 Å². The van der Waals surface area contributed by atoms with E-state index < -0.39 is 0 Å². The summed E-state index contributed by atoms with van der Waals surface area (Å²) >= 11 is 0. The smallest absolute Gasteiger partial charge is 0 e. The van der Waals surface area contributed by atoms with E-state index in [4.69, 9.17) is 16.6 Å². The number of hydrogen-bond donors (Lipinski definition) is 1. The van der Waals surface area contributed by atoms with E-state index in [2.05, 4.69) is 0 Å². The minimum atomic E-state index is -0.129. The molecule has 0 bridgehead atoms. The van der Waals surface area contributed by atoms with Gasteiger partial charge in [-0.2, -0.15) is 6.21 Å². The van der Waals surface area contributed by atoms with Crippen LogP contribution >= 0.6 is 0 Å².